The van der Waals surface area contributed by atoms with E-state index in [4.69, 9.17) is 9.40 Å². The zero-order valence-electron chi connectivity index (χ0n) is 16.8. The van der Waals surface area contributed by atoms with Crippen molar-refractivity contribution in [3.05, 3.63) is 80.4 Å². The molecule has 0 bridgehead atoms. The Morgan fingerprint density at radius 1 is 1.07 bits per heavy atom. The zero-order valence-corrected chi connectivity index (χ0v) is 17.6. The number of rotatable bonds is 4. The van der Waals surface area contributed by atoms with Gasteiger partial charge in [-0.15, -0.1) is 0 Å². The lowest BCUT2D eigenvalue weighted by Crippen LogP contribution is -2.26. The average Bonchev–Trinajstić information content (AvgIpc) is 3.26. The van der Waals surface area contributed by atoms with Crippen LogP contribution in [-0.4, -0.2) is 9.55 Å². The minimum atomic E-state index is -0.358. The first-order valence-corrected chi connectivity index (χ1v) is 11.3. The van der Waals surface area contributed by atoms with E-state index in [1.165, 1.54) is 11.8 Å². The molecule has 0 saturated heterocycles. The summed E-state index contributed by atoms with van der Waals surface area (Å²) < 4.78 is 7.27. The van der Waals surface area contributed by atoms with Gasteiger partial charge in [0.1, 0.15) is 5.58 Å². The first-order chi connectivity index (χ1) is 14.6. The fourth-order valence-electron chi connectivity index (χ4n) is 4.31. The van der Waals surface area contributed by atoms with Gasteiger partial charge in [0.05, 0.1) is 10.9 Å². The number of nitrogens with zero attached hydrogens (tertiary/aromatic N) is 2. The van der Waals surface area contributed by atoms with Crippen LogP contribution in [0.15, 0.2) is 67.7 Å². The molecule has 0 N–H and O–H groups in total. The van der Waals surface area contributed by atoms with Crippen molar-refractivity contribution in [3.8, 4) is 0 Å². The van der Waals surface area contributed by atoms with Crippen LogP contribution in [0.3, 0.4) is 0 Å². The Hall–Kier alpha value is -2.86. The fraction of sp³-hybridized carbons (Fsp3) is 0.292. The molecular formula is C24H22N2O3S. The number of hydrogen-bond donors (Lipinski definition) is 0. The van der Waals surface area contributed by atoms with Crippen LogP contribution in [0.2, 0.25) is 0 Å². The lowest BCUT2D eigenvalue weighted by Gasteiger charge is -2.18. The molecule has 0 spiro atoms. The monoisotopic (exact) mass is 418 g/mol. The van der Waals surface area contributed by atoms with Crippen LogP contribution in [0.5, 0.6) is 0 Å². The predicted molar refractivity (Wildman–Crippen MR) is 120 cm³/mol. The van der Waals surface area contributed by atoms with Gasteiger partial charge in [-0.2, -0.15) is 0 Å². The van der Waals surface area contributed by atoms with E-state index in [0.29, 0.717) is 22.2 Å². The Morgan fingerprint density at radius 3 is 2.70 bits per heavy atom. The molecule has 1 aliphatic carbocycles. The maximum absolute atomic E-state index is 13.3. The normalized spacial score (nSPS) is 14.7. The first-order valence-electron chi connectivity index (χ1n) is 10.3. The summed E-state index contributed by atoms with van der Waals surface area (Å²) in [5, 5.41) is 2.30. The van der Waals surface area contributed by atoms with Crippen molar-refractivity contribution in [1.29, 1.82) is 0 Å². The highest BCUT2D eigenvalue weighted by Crippen LogP contribution is 2.33. The van der Waals surface area contributed by atoms with Crippen molar-refractivity contribution < 1.29 is 4.42 Å². The van der Waals surface area contributed by atoms with Gasteiger partial charge in [0.15, 0.2) is 5.16 Å². The minimum Gasteiger partial charge on any atom is -0.423 e. The quantitative estimate of drug-likeness (QED) is 0.258. The highest BCUT2D eigenvalue weighted by Gasteiger charge is 2.23. The van der Waals surface area contributed by atoms with Crippen LogP contribution >= 0.6 is 11.8 Å². The topological polar surface area (TPSA) is 65.1 Å². The summed E-state index contributed by atoms with van der Waals surface area (Å²) in [6.07, 6.45) is 4.28. The summed E-state index contributed by atoms with van der Waals surface area (Å²) in [6, 6.07) is 15.1. The fourth-order valence-corrected chi connectivity index (χ4v) is 5.37. The highest BCUT2D eigenvalue weighted by molar-refractivity contribution is 7.98. The summed E-state index contributed by atoms with van der Waals surface area (Å²) in [7, 11) is 0. The van der Waals surface area contributed by atoms with Gasteiger partial charge in [-0.3, -0.25) is 9.36 Å². The summed E-state index contributed by atoms with van der Waals surface area (Å²) in [4.78, 5) is 30.2. The second-order valence-electron chi connectivity index (χ2n) is 7.90. The van der Waals surface area contributed by atoms with Crippen molar-refractivity contribution in [2.75, 3.05) is 0 Å². The standard InChI is InChI=1S/C24H22N2O3S/c1-15-10-11-18-16(13-22(27)29-21(18)12-15)14-30-24-25-20-9-5-4-8-19(20)23(28)26(24)17-6-2-3-7-17/h4-5,8-13,17H,2-3,6-7,14H2,1H3. The summed E-state index contributed by atoms with van der Waals surface area (Å²) in [5.41, 5.74) is 2.92. The molecule has 30 heavy (non-hydrogen) atoms. The van der Waals surface area contributed by atoms with E-state index in [1.54, 1.807) is 6.07 Å². The number of aromatic nitrogens is 2. The molecule has 0 unspecified atom stereocenters. The Labute approximate surface area is 177 Å². The van der Waals surface area contributed by atoms with E-state index in [9.17, 15) is 9.59 Å². The van der Waals surface area contributed by atoms with Gasteiger partial charge in [0.25, 0.3) is 5.56 Å². The largest absolute Gasteiger partial charge is 0.423 e. The van der Waals surface area contributed by atoms with Crippen molar-refractivity contribution in [2.45, 2.75) is 49.6 Å². The van der Waals surface area contributed by atoms with Crippen LogP contribution in [0.4, 0.5) is 0 Å². The molecule has 2 heterocycles. The third-order valence-electron chi connectivity index (χ3n) is 5.81. The minimum absolute atomic E-state index is 0.0306. The molecule has 2 aromatic carbocycles. The van der Waals surface area contributed by atoms with Crippen LogP contribution in [0.1, 0.15) is 42.9 Å². The molecule has 1 fully saturated rings. The molecule has 1 saturated carbocycles. The number of hydrogen-bond acceptors (Lipinski definition) is 5. The van der Waals surface area contributed by atoms with Crippen molar-refractivity contribution in [2.24, 2.45) is 0 Å². The second kappa shape index (κ2) is 7.76. The van der Waals surface area contributed by atoms with E-state index in [1.807, 2.05) is 54.0 Å². The van der Waals surface area contributed by atoms with Crippen LogP contribution in [0.25, 0.3) is 21.9 Å². The van der Waals surface area contributed by atoms with E-state index in [-0.39, 0.29) is 17.2 Å². The van der Waals surface area contributed by atoms with Gasteiger partial charge < -0.3 is 4.42 Å². The summed E-state index contributed by atoms with van der Waals surface area (Å²) in [5.74, 6) is 0.544. The molecule has 4 aromatic rings. The lowest BCUT2D eigenvalue weighted by atomic mass is 10.1. The van der Waals surface area contributed by atoms with E-state index in [2.05, 4.69) is 0 Å². The van der Waals surface area contributed by atoms with Gasteiger partial charge in [0, 0.05) is 23.2 Å². The molecule has 5 nitrogen and oxygen atoms in total. The summed E-state index contributed by atoms with van der Waals surface area (Å²) in [6.45, 7) is 1.97. The van der Waals surface area contributed by atoms with E-state index < -0.39 is 0 Å². The number of benzene rings is 2. The van der Waals surface area contributed by atoms with E-state index >= 15 is 0 Å². The predicted octanol–water partition coefficient (Wildman–Crippen LogP) is 5.22. The zero-order chi connectivity index (χ0) is 20.7. The molecule has 0 radical (unpaired) electrons. The molecule has 1 aliphatic rings. The van der Waals surface area contributed by atoms with Crippen molar-refractivity contribution in [1.82, 2.24) is 9.55 Å². The highest BCUT2D eigenvalue weighted by atomic mass is 32.2. The molecular weight excluding hydrogens is 396 g/mol. The van der Waals surface area contributed by atoms with Crippen molar-refractivity contribution in [3.63, 3.8) is 0 Å². The van der Waals surface area contributed by atoms with Crippen LogP contribution in [0, 0.1) is 6.92 Å². The Kier molecular flexibility index (Phi) is 4.95. The smallest absolute Gasteiger partial charge is 0.336 e. The number of thioether (sulfide) groups is 1. The average molecular weight is 419 g/mol. The SMILES string of the molecule is Cc1ccc2c(CSc3nc4ccccc4c(=O)n3C3CCCC3)cc(=O)oc2c1. The van der Waals surface area contributed by atoms with Gasteiger partial charge in [-0.25, -0.2) is 9.78 Å². The third kappa shape index (κ3) is 3.45. The molecule has 0 aliphatic heterocycles. The number of para-hydroxylation sites is 1. The number of fused-ring (bicyclic) bond motifs is 2. The van der Waals surface area contributed by atoms with Gasteiger partial charge >= 0.3 is 5.63 Å². The molecule has 0 atom stereocenters. The number of aryl methyl sites for hydroxylation is 1. The molecule has 2 aromatic heterocycles. The maximum atomic E-state index is 13.3. The Morgan fingerprint density at radius 2 is 1.87 bits per heavy atom. The Bertz CT molecular complexity index is 1370. The molecule has 0 amide bonds. The van der Waals surface area contributed by atoms with Crippen LogP contribution < -0.4 is 11.2 Å². The lowest BCUT2D eigenvalue weighted by molar-refractivity contribution is 0.457. The Balaban J connectivity index is 1.59. The van der Waals surface area contributed by atoms with Crippen molar-refractivity contribution >= 4 is 33.6 Å². The maximum Gasteiger partial charge on any atom is 0.336 e. The molecule has 6 heteroatoms. The van der Waals surface area contributed by atoms with Gasteiger partial charge in [-0.1, -0.05) is 48.9 Å². The first kappa shape index (κ1) is 19.1. The van der Waals surface area contributed by atoms with Gasteiger partial charge in [-0.05, 0) is 49.1 Å². The van der Waals surface area contributed by atoms with Gasteiger partial charge in [0.2, 0.25) is 0 Å². The van der Waals surface area contributed by atoms with Crippen LogP contribution in [-0.2, 0) is 5.75 Å². The second-order valence-corrected chi connectivity index (χ2v) is 8.85. The van der Waals surface area contributed by atoms with E-state index in [0.717, 1.165) is 47.4 Å². The third-order valence-corrected chi connectivity index (χ3v) is 6.81. The molecule has 152 valence electrons. The molecule has 5 rings (SSSR count). The summed E-state index contributed by atoms with van der Waals surface area (Å²) >= 11 is 1.52.